The van der Waals surface area contributed by atoms with Crippen molar-refractivity contribution in [2.45, 2.75) is 19.4 Å². The van der Waals surface area contributed by atoms with Crippen molar-refractivity contribution in [3.8, 4) is 5.75 Å². The number of nitrogens with two attached hydrogens (primary N) is 1. The van der Waals surface area contributed by atoms with Crippen LogP contribution in [0.4, 0.5) is 0 Å². The smallest absolute Gasteiger partial charge is 0.119 e. The third-order valence-corrected chi connectivity index (χ3v) is 2.82. The highest BCUT2D eigenvalue weighted by molar-refractivity contribution is 5.39. The minimum absolute atomic E-state index is 0.426. The van der Waals surface area contributed by atoms with Gasteiger partial charge in [-0.25, -0.2) is 0 Å². The summed E-state index contributed by atoms with van der Waals surface area (Å²) < 4.78 is 5.52. The lowest BCUT2D eigenvalue weighted by Gasteiger charge is -2.24. The molecule has 2 rings (SSSR count). The first-order chi connectivity index (χ1) is 7.31. The minimum atomic E-state index is 0.426. The number of nitrogens with one attached hydrogen (secondary N) is 1. The van der Waals surface area contributed by atoms with Crippen LogP contribution in [0.2, 0.25) is 0 Å². The van der Waals surface area contributed by atoms with Crippen LogP contribution in [0.5, 0.6) is 5.75 Å². The fourth-order valence-electron chi connectivity index (χ4n) is 2.00. The van der Waals surface area contributed by atoms with Gasteiger partial charge in [-0.1, -0.05) is 6.07 Å². The van der Waals surface area contributed by atoms with Crippen molar-refractivity contribution in [3.05, 3.63) is 29.3 Å². The molecule has 0 radical (unpaired) electrons. The zero-order chi connectivity index (χ0) is 10.7. The molecule has 1 aliphatic heterocycles. The van der Waals surface area contributed by atoms with Crippen molar-refractivity contribution in [3.63, 3.8) is 0 Å². The largest absolute Gasteiger partial charge is 0.492 e. The average Bonchev–Trinajstić information content (AvgIpc) is 2.27. The Bertz CT molecular complexity index is 338. The first-order valence-electron chi connectivity index (χ1n) is 5.50. The lowest BCUT2D eigenvalue weighted by Crippen LogP contribution is -2.27. The number of ether oxygens (including phenoxy) is 1. The second-order valence-corrected chi connectivity index (χ2v) is 3.92. The predicted molar refractivity (Wildman–Crippen MR) is 61.1 cm³/mol. The van der Waals surface area contributed by atoms with Gasteiger partial charge in [0, 0.05) is 12.6 Å². The van der Waals surface area contributed by atoms with E-state index < -0.39 is 0 Å². The summed E-state index contributed by atoms with van der Waals surface area (Å²) >= 11 is 0. The summed E-state index contributed by atoms with van der Waals surface area (Å²) in [6.45, 7) is 4.40. The number of rotatable bonds is 3. The molecule has 3 heteroatoms. The Balaban J connectivity index is 2.19. The van der Waals surface area contributed by atoms with Crippen LogP contribution in [0, 0.1) is 0 Å². The Hall–Kier alpha value is -1.06. The van der Waals surface area contributed by atoms with Gasteiger partial charge in [-0.2, -0.15) is 0 Å². The van der Waals surface area contributed by atoms with Crippen molar-refractivity contribution in [1.82, 2.24) is 5.32 Å². The van der Waals surface area contributed by atoms with Gasteiger partial charge in [0.1, 0.15) is 12.4 Å². The van der Waals surface area contributed by atoms with Gasteiger partial charge in [0.25, 0.3) is 0 Å². The minimum Gasteiger partial charge on any atom is -0.492 e. The molecule has 0 aromatic heterocycles. The van der Waals surface area contributed by atoms with Gasteiger partial charge in [-0.05, 0) is 43.1 Å². The Labute approximate surface area is 90.6 Å². The fraction of sp³-hybridized carbons (Fsp3) is 0.500. The van der Waals surface area contributed by atoms with Gasteiger partial charge in [-0.15, -0.1) is 0 Å². The highest BCUT2D eigenvalue weighted by Gasteiger charge is 2.15. The van der Waals surface area contributed by atoms with Gasteiger partial charge < -0.3 is 15.8 Å². The molecule has 0 aliphatic carbocycles. The Morgan fingerprint density at radius 3 is 3.20 bits per heavy atom. The quantitative estimate of drug-likeness (QED) is 0.782. The Morgan fingerprint density at radius 1 is 1.53 bits per heavy atom. The molecule has 15 heavy (non-hydrogen) atoms. The van der Waals surface area contributed by atoms with E-state index in [0.717, 1.165) is 18.7 Å². The molecule has 1 aromatic rings. The van der Waals surface area contributed by atoms with Crippen LogP contribution >= 0.6 is 0 Å². The van der Waals surface area contributed by atoms with Crippen LogP contribution in [-0.4, -0.2) is 19.7 Å². The van der Waals surface area contributed by atoms with E-state index in [1.54, 1.807) is 0 Å². The molecule has 1 heterocycles. The standard InChI is InChI=1S/C12H18N2O/c1-9-12-8-11(15-7-5-13)3-2-10(12)4-6-14-9/h2-3,8-9,14H,4-7,13H2,1H3. The van der Waals surface area contributed by atoms with Gasteiger partial charge in [-0.3, -0.25) is 0 Å². The van der Waals surface area contributed by atoms with Gasteiger partial charge in [0.15, 0.2) is 0 Å². The molecule has 0 saturated carbocycles. The van der Waals surface area contributed by atoms with E-state index in [1.807, 2.05) is 6.07 Å². The molecular formula is C12H18N2O. The molecule has 1 aliphatic rings. The summed E-state index contributed by atoms with van der Waals surface area (Å²) in [5.41, 5.74) is 8.19. The van der Waals surface area contributed by atoms with E-state index >= 15 is 0 Å². The summed E-state index contributed by atoms with van der Waals surface area (Å²) in [5.74, 6) is 0.926. The van der Waals surface area contributed by atoms with Crippen LogP contribution in [-0.2, 0) is 6.42 Å². The van der Waals surface area contributed by atoms with Crippen molar-refractivity contribution in [2.24, 2.45) is 5.73 Å². The fourth-order valence-corrected chi connectivity index (χ4v) is 2.00. The topological polar surface area (TPSA) is 47.3 Å². The second-order valence-electron chi connectivity index (χ2n) is 3.92. The molecule has 1 unspecified atom stereocenters. The maximum absolute atomic E-state index is 5.52. The molecule has 0 spiro atoms. The summed E-state index contributed by atoms with van der Waals surface area (Å²) in [6.07, 6.45) is 1.11. The highest BCUT2D eigenvalue weighted by Crippen LogP contribution is 2.26. The molecule has 3 N–H and O–H groups in total. The van der Waals surface area contributed by atoms with Gasteiger partial charge in [0.05, 0.1) is 0 Å². The van der Waals surface area contributed by atoms with E-state index in [1.165, 1.54) is 11.1 Å². The number of benzene rings is 1. The SMILES string of the molecule is CC1NCCc2ccc(OCCN)cc21. The number of hydrogen-bond donors (Lipinski definition) is 2. The third-order valence-electron chi connectivity index (χ3n) is 2.82. The second kappa shape index (κ2) is 4.64. The number of hydrogen-bond acceptors (Lipinski definition) is 3. The monoisotopic (exact) mass is 206 g/mol. The Kier molecular flexibility index (Phi) is 3.23. The van der Waals surface area contributed by atoms with Crippen LogP contribution in [0.15, 0.2) is 18.2 Å². The predicted octanol–water partition coefficient (Wildman–Crippen LogP) is 1.23. The maximum atomic E-state index is 5.52. The molecular weight excluding hydrogens is 188 g/mol. The summed E-state index contributed by atoms with van der Waals surface area (Å²) in [6, 6.07) is 6.75. The molecule has 0 bridgehead atoms. The first-order valence-corrected chi connectivity index (χ1v) is 5.50. The average molecular weight is 206 g/mol. The van der Waals surface area contributed by atoms with E-state index in [9.17, 15) is 0 Å². The molecule has 3 nitrogen and oxygen atoms in total. The van der Waals surface area contributed by atoms with Crippen LogP contribution in [0.25, 0.3) is 0 Å². The zero-order valence-corrected chi connectivity index (χ0v) is 9.12. The van der Waals surface area contributed by atoms with Crippen LogP contribution in [0.1, 0.15) is 24.1 Å². The third kappa shape index (κ3) is 2.30. The lowest BCUT2D eigenvalue weighted by molar-refractivity contribution is 0.327. The summed E-state index contributed by atoms with van der Waals surface area (Å²) in [5, 5.41) is 3.44. The molecule has 0 fully saturated rings. The van der Waals surface area contributed by atoms with Gasteiger partial charge in [0.2, 0.25) is 0 Å². The van der Waals surface area contributed by atoms with E-state index in [0.29, 0.717) is 19.2 Å². The number of fused-ring (bicyclic) bond motifs is 1. The summed E-state index contributed by atoms with van der Waals surface area (Å²) in [4.78, 5) is 0. The molecule has 1 aromatic carbocycles. The van der Waals surface area contributed by atoms with Crippen molar-refractivity contribution >= 4 is 0 Å². The van der Waals surface area contributed by atoms with Crippen molar-refractivity contribution in [1.29, 1.82) is 0 Å². The van der Waals surface area contributed by atoms with Crippen molar-refractivity contribution < 1.29 is 4.74 Å². The van der Waals surface area contributed by atoms with Crippen LogP contribution in [0.3, 0.4) is 0 Å². The first kappa shape index (κ1) is 10.5. The summed E-state index contributed by atoms with van der Waals surface area (Å²) in [7, 11) is 0. The Morgan fingerprint density at radius 2 is 2.40 bits per heavy atom. The molecule has 0 amide bonds. The lowest BCUT2D eigenvalue weighted by atomic mass is 9.95. The van der Waals surface area contributed by atoms with E-state index in [-0.39, 0.29) is 0 Å². The molecule has 0 saturated heterocycles. The van der Waals surface area contributed by atoms with E-state index in [2.05, 4.69) is 24.4 Å². The normalized spacial score (nSPS) is 19.7. The van der Waals surface area contributed by atoms with Crippen molar-refractivity contribution in [2.75, 3.05) is 19.7 Å². The van der Waals surface area contributed by atoms with Crippen LogP contribution < -0.4 is 15.8 Å². The molecule has 1 atom stereocenters. The highest BCUT2D eigenvalue weighted by atomic mass is 16.5. The van der Waals surface area contributed by atoms with E-state index in [4.69, 9.17) is 10.5 Å². The maximum Gasteiger partial charge on any atom is 0.119 e. The van der Waals surface area contributed by atoms with Gasteiger partial charge >= 0.3 is 0 Å². The molecule has 82 valence electrons. The zero-order valence-electron chi connectivity index (χ0n) is 9.12.